The van der Waals surface area contributed by atoms with Crippen LogP contribution in [0.15, 0.2) is 29.6 Å². The number of benzene rings is 1. The summed E-state index contributed by atoms with van der Waals surface area (Å²) in [4.78, 5) is 0. The molecule has 0 spiro atoms. The van der Waals surface area contributed by atoms with Crippen LogP contribution in [0, 0.1) is 0 Å². The Morgan fingerprint density at radius 2 is 1.71 bits per heavy atom. The van der Waals surface area contributed by atoms with E-state index in [1.54, 1.807) is 32.0 Å². The van der Waals surface area contributed by atoms with Gasteiger partial charge in [0.2, 0.25) is 0 Å². The second-order valence-electron chi connectivity index (χ2n) is 4.26. The van der Waals surface area contributed by atoms with Crippen LogP contribution in [0.4, 0.5) is 11.4 Å². The van der Waals surface area contributed by atoms with Gasteiger partial charge in [0, 0.05) is 36.7 Å². The molecule has 0 atom stereocenters. The maximum Gasteiger partial charge on any atom is 0.308 e. The largest absolute Gasteiger partial charge is 0.399 e. The van der Waals surface area contributed by atoms with E-state index in [0.717, 1.165) is 11.4 Å². The van der Waals surface area contributed by atoms with Crippen LogP contribution in [0.3, 0.4) is 0 Å². The summed E-state index contributed by atoms with van der Waals surface area (Å²) < 4.78 is 23.8. The predicted molar refractivity (Wildman–Crippen MR) is 70.9 cm³/mol. The molecular weight excluding hydrogens is 260 g/mol. The summed E-state index contributed by atoms with van der Waals surface area (Å²) in [6, 6.07) is 4.88. The number of quaternary nitrogens is 1. The highest BCUT2D eigenvalue weighted by molar-refractivity contribution is 7.90. The lowest BCUT2D eigenvalue weighted by molar-refractivity contribution is 0.565. The molecule has 4 nitrogen and oxygen atoms in total. The van der Waals surface area contributed by atoms with Gasteiger partial charge in [0.25, 0.3) is 0 Å². The zero-order valence-electron chi connectivity index (χ0n) is 9.86. The quantitative estimate of drug-likeness (QED) is 0.665. The second-order valence-corrected chi connectivity index (χ2v) is 6.71. The Hall–Kier alpha value is -1.04. The van der Waals surface area contributed by atoms with Crippen LogP contribution in [-0.4, -0.2) is 14.7 Å². The van der Waals surface area contributed by atoms with Crippen molar-refractivity contribution in [1.82, 2.24) is 3.89 Å². The summed E-state index contributed by atoms with van der Waals surface area (Å²) >= 11 is 5.93. The number of rotatable bonds is 2. The van der Waals surface area contributed by atoms with Crippen molar-refractivity contribution in [2.75, 3.05) is 12.0 Å². The Bertz CT molecular complexity index is 603. The van der Waals surface area contributed by atoms with Crippen LogP contribution in [0.2, 0.25) is 5.02 Å². The molecule has 0 aliphatic carbocycles. The van der Waals surface area contributed by atoms with Crippen molar-refractivity contribution in [3.8, 4) is 0 Å². The molecule has 2 N–H and O–H groups in total. The second kappa shape index (κ2) is 3.48. The van der Waals surface area contributed by atoms with E-state index in [9.17, 15) is 8.42 Å². The Morgan fingerprint density at radius 1 is 1.18 bits per heavy atom. The molecule has 0 bridgehead atoms. The number of anilines is 1. The molecule has 1 aromatic rings. The van der Waals surface area contributed by atoms with E-state index >= 15 is 0 Å². The summed E-state index contributed by atoms with van der Waals surface area (Å²) in [5.41, 5.74) is 8.35. The first-order chi connectivity index (χ1) is 7.71. The van der Waals surface area contributed by atoms with Crippen molar-refractivity contribution in [2.45, 2.75) is 13.8 Å². The minimum atomic E-state index is -3.33. The van der Waals surface area contributed by atoms with Crippen LogP contribution < -0.4 is 9.62 Å². The monoisotopic (exact) mass is 273 g/mol. The summed E-state index contributed by atoms with van der Waals surface area (Å²) in [6.45, 7) is 3.60. The summed E-state index contributed by atoms with van der Waals surface area (Å²) in [5, 5.41) is 0.439. The SMILES string of the molecule is CC1=C(C)[N+]1(c1cc(N)cc(Cl)c1)S(C)(=O)=O. The van der Waals surface area contributed by atoms with Gasteiger partial charge in [-0.3, -0.25) is 0 Å². The van der Waals surface area contributed by atoms with Gasteiger partial charge in [0.15, 0.2) is 17.1 Å². The van der Waals surface area contributed by atoms with Gasteiger partial charge in [0.1, 0.15) is 0 Å². The fraction of sp³-hybridized carbons (Fsp3) is 0.273. The molecule has 0 unspecified atom stereocenters. The highest BCUT2D eigenvalue weighted by Gasteiger charge is 2.61. The standard InChI is InChI=1S/C11H14ClN2O2S/c1-7-8(2)14(7,17(3,15)16)11-5-9(12)4-10(13)6-11/h4-6H,13H2,1-3H3/q+1. The molecule has 1 heterocycles. The minimum absolute atomic E-state index is 0.224. The highest BCUT2D eigenvalue weighted by atomic mass is 35.5. The average Bonchev–Trinajstić information content (AvgIpc) is 2.67. The summed E-state index contributed by atoms with van der Waals surface area (Å²) in [5.74, 6) is 0. The third kappa shape index (κ3) is 1.57. The first kappa shape index (κ1) is 12.4. The van der Waals surface area contributed by atoms with E-state index < -0.39 is 10.0 Å². The summed E-state index contributed by atoms with van der Waals surface area (Å²) in [6.07, 6.45) is 1.21. The molecular formula is C11H14ClN2O2S+. The van der Waals surface area contributed by atoms with Gasteiger partial charge in [-0.25, -0.2) is 0 Å². The van der Waals surface area contributed by atoms with Gasteiger partial charge in [-0.1, -0.05) is 11.6 Å². The molecule has 1 aromatic carbocycles. The minimum Gasteiger partial charge on any atom is -0.399 e. The third-order valence-corrected chi connectivity index (χ3v) is 5.16. The first-order valence-electron chi connectivity index (χ1n) is 5.05. The maximum atomic E-state index is 12.0. The van der Waals surface area contributed by atoms with Gasteiger partial charge in [-0.2, -0.15) is 8.42 Å². The number of hydrogen-bond acceptors (Lipinski definition) is 3. The average molecular weight is 274 g/mol. The Balaban J connectivity index is 2.67. The van der Waals surface area contributed by atoms with Crippen LogP contribution in [0.1, 0.15) is 13.8 Å². The molecule has 0 amide bonds. The topological polar surface area (TPSA) is 60.2 Å². The molecule has 0 fully saturated rings. The highest BCUT2D eigenvalue weighted by Crippen LogP contribution is 2.51. The summed E-state index contributed by atoms with van der Waals surface area (Å²) in [7, 11) is -3.33. The fourth-order valence-electron chi connectivity index (χ4n) is 2.33. The molecule has 0 radical (unpaired) electrons. The van der Waals surface area contributed by atoms with E-state index in [4.69, 9.17) is 17.3 Å². The molecule has 1 aliphatic rings. The van der Waals surface area contributed by atoms with Crippen LogP contribution in [-0.2, 0) is 10.0 Å². The van der Waals surface area contributed by atoms with Crippen molar-refractivity contribution >= 4 is 33.0 Å². The lowest BCUT2D eigenvalue weighted by Gasteiger charge is -2.18. The van der Waals surface area contributed by atoms with E-state index in [2.05, 4.69) is 0 Å². The number of nitrogen functional groups attached to an aromatic ring is 1. The first-order valence-corrected chi connectivity index (χ1v) is 7.28. The van der Waals surface area contributed by atoms with Crippen LogP contribution in [0.25, 0.3) is 0 Å². The van der Waals surface area contributed by atoms with E-state index in [1.165, 1.54) is 6.26 Å². The van der Waals surface area contributed by atoms with E-state index in [0.29, 0.717) is 16.4 Å². The molecule has 2 rings (SSSR count). The van der Waals surface area contributed by atoms with Gasteiger partial charge in [-0.15, -0.1) is 3.89 Å². The number of nitrogens with zero attached hydrogens (tertiary/aromatic N) is 1. The number of allylic oxidation sites excluding steroid dienone is 2. The predicted octanol–water partition coefficient (Wildman–Crippen LogP) is 2.45. The molecule has 6 heteroatoms. The van der Waals surface area contributed by atoms with Crippen molar-refractivity contribution in [1.29, 1.82) is 0 Å². The van der Waals surface area contributed by atoms with E-state index in [1.807, 2.05) is 0 Å². The van der Waals surface area contributed by atoms with E-state index in [-0.39, 0.29) is 3.89 Å². The van der Waals surface area contributed by atoms with Crippen molar-refractivity contribution in [3.05, 3.63) is 34.6 Å². The molecule has 17 heavy (non-hydrogen) atoms. The maximum absolute atomic E-state index is 12.0. The zero-order valence-corrected chi connectivity index (χ0v) is 11.4. The smallest absolute Gasteiger partial charge is 0.308 e. The number of nitrogens with two attached hydrogens (primary N) is 1. The van der Waals surface area contributed by atoms with Crippen molar-refractivity contribution in [3.63, 3.8) is 0 Å². The van der Waals surface area contributed by atoms with Gasteiger partial charge < -0.3 is 5.73 Å². The third-order valence-electron chi connectivity index (χ3n) is 3.18. The fourth-order valence-corrected chi connectivity index (χ4v) is 4.27. The Labute approximate surface area is 106 Å². The Kier molecular flexibility index (Phi) is 2.54. The van der Waals surface area contributed by atoms with Gasteiger partial charge >= 0.3 is 10.0 Å². The lowest BCUT2D eigenvalue weighted by atomic mass is 10.3. The van der Waals surface area contributed by atoms with Crippen LogP contribution in [0.5, 0.6) is 0 Å². The van der Waals surface area contributed by atoms with Gasteiger partial charge in [-0.05, 0) is 6.07 Å². The zero-order chi connectivity index (χ0) is 13.0. The van der Waals surface area contributed by atoms with Crippen molar-refractivity contribution < 1.29 is 8.42 Å². The molecule has 0 saturated heterocycles. The number of sulfonamides is 1. The van der Waals surface area contributed by atoms with Gasteiger partial charge in [0.05, 0.1) is 6.26 Å². The molecule has 0 aromatic heterocycles. The van der Waals surface area contributed by atoms with Crippen molar-refractivity contribution in [2.24, 2.45) is 0 Å². The Morgan fingerprint density at radius 3 is 2.06 bits per heavy atom. The lowest BCUT2D eigenvalue weighted by Crippen LogP contribution is -2.36. The normalized spacial score (nSPS) is 18.4. The molecule has 92 valence electrons. The number of halogens is 1. The molecule has 0 saturated carbocycles. The molecule has 1 aliphatic heterocycles. The van der Waals surface area contributed by atoms with Crippen LogP contribution >= 0.6 is 11.6 Å². The number of hydrogen-bond donors (Lipinski definition) is 1.